The summed E-state index contributed by atoms with van der Waals surface area (Å²) in [7, 11) is -1.79. The monoisotopic (exact) mass is 447 g/mol. The molecule has 0 fully saturated rings. The van der Waals surface area contributed by atoms with Gasteiger partial charge in [-0.15, -0.1) is 0 Å². The van der Waals surface area contributed by atoms with E-state index in [4.69, 9.17) is 0 Å². The minimum absolute atomic E-state index is 0.0151. The Morgan fingerprint density at radius 1 is 0.636 bits per heavy atom. The average molecular weight is 447 g/mol. The first-order valence-electron chi connectivity index (χ1n) is 11.0. The number of ketones is 1. The smallest absolute Gasteiger partial charge is 0.289 e. The zero-order chi connectivity index (χ0) is 23.1. The van der Waals surface area contributed by atoms with Crippen molar-refractivity contribution >= 4 is 45.7 Å². The lowest BCUT2D eigenvalue weighted by molar-refractivity contribution is 0.103. The van der Waals surface area contributed by atoms with Crippen molar-refractivity contribution in [1.29, 1.82) is 0 Å². The number of hydrogen-bond acceptors (Lipinski definition) is 2. The summed E-state index contributed by atoms with van der Waals surface area (Å²) in [6, 6.07) is 29.4. The van der Waals surface area contributed by atoms with Crippen molar-refractivity contribution in [2.45, 2.75) is 20.8 Å². The molecule has 0 amide bonds. The third-order valence-corrected chi connectivity index (χ3v) is 8.28. The molecule has 0 saturated heterocycles. The van der Waals surface area contributed by atoms with E-state index in [9.17, 15) is 9.36 Å². The van der Waals surface area contributed by atoms with Crippen LogP contribution < -0.4 is 10.6 Å². The molecule has 0 N–H and O–H groups in total. The zero-order valence-corrected chi connectivity index (χ0v) is 19.8. The maximum Gasteiger partial charge on any atom is 0.416 e. The van der Waals surface area contributed by atoms with E-state index in [1.54, 1.807) is 0 Å². The van der Waals surface area contributed by atoms with Crippen LogP contribution in [0.2, 0.25) is 0 Å². The Kier molecular flexibility index (Phi) is 5.40. The highest BCUT2D eigenvalue weighted by Gasteiger charge is 2.28. The van der Waals surface area contributed by atoms with Crippen LogP contribution in [-0.4, -0.2) is 5.78 Å². The van der Waals surface area contributed by atoms with Gasteiger partial charge in [-0.2, -0.15) is 0 Å². The van der Waals surface area contributed by atoms with E-state index in [-0.39, 0.29) is 5.78 Å². The van der Waals surface area contributed by atoms with Gasteiger partial charge in [0.25, 0.3) is 0 Å². The van der Waals surface area contributed by atoms with E-state index in [2.05, 4.69) is 13.8 Å². The van der Waals surface area contributed by atoms with Gasteiger partial charge in [0.05, 0.1) is 0 Å². The molecule has 1 unspecified atom stereocenters. The standard InChI is InChI=1S/C30H24O2P/c1-19-14-16-25(21(3)20(19)2)30(31)24-15-17-27-23(18-24)10-7-13-29(27)33(32)28-12-6-9-22-8-4-5-11-26(22)28/h4-18H,1-3H3/q+1. The highest BCUT2D eigenvalue weighted by atomic mass is 31.1. The van der Waals surface area contributed by atoms with E-state index in [0.29, 0.717) is 5.56 Å². The number of benzene rings is 5. The van der Waals surface area contributed by atoms with Crippen LogP contribution in [0.5, 0.6) is 0 Å². The van der Waals surface area contributed by atoms with Gasteiger partial charge in [0, 0.05) is 21.9 Å². The van der Waals surface area contributed by atoms with Gasteiger partial charge in [-0.3, -0.25) is 4.79 Å². The van der Waals surface area contributed by atoms with Crippen LogP contribution >= 0.6 is 7.80 Å². The van der Waals surface area contributed by atoms with E-state index in [0.717, 1.165) is 48.8 Å². The largest absolute Gasteiger partial charge is 0.416 e. The van der Waals surface area contributed by atoms with Crippen LogP contribution in [0, 0.1) is 20.8 Å². The van der Waals surface area contributed by atoms with Crippen LogP contribution in [0.15, 0.2) is 91.0 Å². The predicted octanol–water partition coefficient (Wildman–Crippen LogP) is 6.93. The van der Waals surface area contributed by atoms with Crippen molar-refractivity contribution in [3.63, 3.8) is 0 Å². The van der Waals surface area contributed by atoms with Gasteiger partial charge in [-0.25, -0.2) is 0 Å². The first kappa shape index (κ1) is 21.2. The minimum atomic E-state index is -1.79. The lowest BCUT2D eigenvalue weighted by atomic mass is 9.93. The van der Waals surface area contributed by atoms with Crippen LogP contribution in [0.25, 0.3) is 21.5 Å². The second kappa shape index (κ2) is 8.39. The first-order valence-corrected chi connectivity index (χ1v) is 12.3. The fourth-order valence-electron chi connectivity index (χ4n) is 4.46. The average Bonchev–Trinajstić information content (AvgIpc) is 2.85. The Bertz CT molecular complexity index is 1570. The van der Waals surface area contributed by atoms with Gasteiger partial charge in [-0.05, 0) is 78.6 Å². The minimum Gasteiger partial charge on any atom is -0.289 e. The molecule has 1 atom stereocenters. The predicted molar refractivity (Wildman–Crippen MR) is 139 cm³/mol. The molecular weight excluding hydrogens is 423 g/mol. The summed E-state index contributed by atoms with van der Waals surface area (Å²) in [6.45, 7) is 6.12. The Morgan fingerprint density at radius 3 is 2.03 bits per heavy atom. The Hall–Kier alpha value is -3.61. The molecule has 0 heterocycles. The van der Waals surface area contributed by atoms with Crippen molar-refractivity contribution < 1.29 is 9.36 Å². The molecular formula is C30H24O2P+. The lowest BCUT2D eigenvalue weighted by Gasteiger charge is -2.11. The van der Waals surface area contributed by atoms with Crippen LogP contribution in [-0.2, 0) is 4.57 Å². The number of aryl methyl sites for hydroxylation is 1. The summed E-state index contributed by atoms with van der Waals surface area (Å²) in [5.41, 5.74) is 4.73. The SMILES string of the molecule is Cc1ccc(C(=O)c2ccc3c([P+](=O)c4cccc5ccccc45)cccc3c2)c(C)c1C. The maximum atomic E-state index is 13.7. The molecule has 33 heavy (non-hydrogen) atoms. The number of hydrogen-bond donors (Lipinski definition) is 0. The highest BCUT2D eigenvalue weighted by Crippen LogP contribution is 2.30. The molecule has 0 radical (unpaired) electrons. The molecule has 0 aliphatic carbocycles. The molecule has 5 rings (SSSR count). The number of rotatable bonds is 4. The van der Waals surface area contributed by atoms with Crippen LogP contribution in [0.4, 0.5) is 0 Å². The number of carbonyl (C=O) groups is 1. The summed E-state index contributed by atoms with van der Waals surface area (Å²) in [5.74, 6) is 0.0151. The van der Waals surface area contributed by atoms with Crippen molar-refractivity contribution in [3.8, 4) is 0 Å². The second-order valence-electron chi connectivity index (χ2n) is 8.51. The van der Waals surface area contributed by atoms with Gasteiger partial charge < -0.3 is 0 Å². The highest BCUT2D eigenvalue weighted by molar-refractivity contribution is 7.62. The molecule has 3 heteroatoms. The number of carbonyl (C=O) groups excluding carboxylic acids is 1. The van der Waals surface area contributed by atoms with Gasteiger partial charge in [-0.1, -0.05) is 65.2 Å². The molecule has 0 aliphatic heterocycles. The normalized spacial score (nSPS) is 11.7. The Balaban J connectivity index is 1.59. The van der Waals surface area contributed by atoms with Gasteiger partial charge in [0.2, 0.25) is 10.6 Å². The number of fused-ring (bicyclic) bond motifs is 2. The van der Waals surface area contributed by atoms with E-state index >= 15 is 0 Å². The molecule has 0 aromatic heterocycles. The van der Waals surface area contributed by atoms with Gasteiger partial charge in [0.15, 0.2) is 5.78 Å². The molecule has 0 aliphatic rings. The van der Waals surface area contributed by atoms with Gasteiger partial charge in [0.1, 0.15) is 0 Å². The Labute approximate surface area is 194 Å². The molecule has 5 aromatic rings. The van der Waals surface area contributed by atoms with Crippen LogP contribution in [0.1, 0.15) is 32.6 Å². The third kappa shape index (κ3) is 3.67. The maximum absolute atomic E-state index is 13.7. The topological polar surface area (TPSA) is 34.1 Å². The summed E-state index contributed by atoms with van der Waals surface area (Å²) in [6.07, 6.45) is 0. The van der Waals surface area contributed by atoms with E-state index in [1.165, 1.54) is 5.56 Å². The lowest BCUT2D eigenvalue weighted by Crippen LogP contribution is -2.10. The molecule has 5 aromatic carbocycles. The van der Waals surface area contributed by atoms with Crippen molar-refractivity contribution in [1.82, 2.24) is 0 Å². The summed E-state index contributed by atoms with van der Waals surface area (Å²) < 4.78 is 13.7. The zero-order valence-electron chi connectivity index (χ0n) is 18.9. The fourth-order valence-corrected chi connectivity index (χ4v) is 6.01. The summed E-state index contributed by atoms with van der Waals surface area (Å²) in [4.78, 5) is 13.3. The summed E-state index contributed by atoms with van der Waals surface area (Å²) >= 11 is 0. The molecule has 0 saturated carbocycles. The third-order valence-electron chi connectivity index (χ3n) is 6.63. The molecule has 0 bridgehead atoms. The van der Waals surface area contributed by atoms with Crippen LogP contribution in [0.3, 0.4) is 0 Å². The fraction of sp³-hybridized carbons (Fsp3) is 0.100. The molecule has 2 nitrogen and oxygen atoms in total. The van der Waals surface area contributed by atoms with Gasteiger partial charge >= 0.3 is 7.80 Å². The van der Waals surface area contributed by atoms with Crippen molar-refractivity contribution in [2.24, 2.45) is 0 Å². The van der Waals surface area contributed by atoms with Crippen molar-refractivity contribution in [2.75, 3.05) is 0 Å². The summed E-state index contributed by atoms with van der Waals surface area (Å²) in [5, 5.41) is 5.55. The molecule has 0 spiro atoms. The van der Waals surface area contributed by atoms with E-state index in [1.807, 2.05) is 97.9 Å². The first-order chi connectivity index (χ1) is 16.0. The Morgan fingerprint density at radius 2 is 1.27 bits per heavy atom. The molecule has 160 valence electrons. The van der Waals surface area contributed by atoms with E-state index < -0.39 is 7.80 Å². The van der Waals surface area contributed by atoms with Crippen molar-refractivity contribution in [3.05, 3.63) is 119 Å². The quantitative estimate of drug-likeness (QED) is 0.221. The second-order valence-corrected chi connectivity index (χ2v) is 10.1.